The van der Waals surface area contributed by atoms with Crippen LogP contribution in [0.5, 0.6) is 0 Å². The van der Waals surface area contributed by atoms with E-state index in [1.807, 2.05) is 48.2 Å². The minimum Gasteiger partial charge on any atom is -0.336 e. The fourth-order valence-electron chi connectivity index (χ4n) is 5.48. The molecule has 1 amide bonds. The zero-order valence-corrected chi connectivity index (χ0v) is 22.8. The summed E-state index contributed by atoms with van der Waals surface area (Å²) in [5.41, 5.74) is 3.32. The Morgan fingerprint density at radius 1 is 0.784 bits per heavy atom. The summed E-state index contributed by atoms with van der Waals surface area (Å²) in [7, 11) is -3.67. The summed E-state index contributed by atoms with van der Waals surface area (Å²) in [6.45, 7) is 6.58. The number of hydrogen-bond acceptors (Lipinski definition) is 3. The molecule has 5 nitrogen and oxygen atoms in total. The molecule has 1 saturated carbocycles. The van der Waals surface area contributed by atoms with E-state index in [0.29, 0.717) is 11.4 Å². The van der Waals surface area contributed by atoms with Crippen molar-refractivity contribution in [2.24, 2.45) is 5.92 Å². The molecule has 0 spiro atoms. The minimum absolute atomic E-state index is 0.00714. The highest BCUT2D eigenvalue weighted by Gasteiger charge is 2.35. The van der Waals surface area contributed by atoms with Crippen LogP contribution in [0.15, 0.2) is 89.8 Å². The standard InChI is InChI=1S/C31H38N2O3S/c1-24-14-18-29(19-15-24)25(2)32(23-34)30-20-16-27(17-21-30)22-33(26(3)28-10-6-4-7-11-28)37(35,36)31-12-8-5-9-13-31/h4-15,18-19,23,25-27,30H,16-17,20-22H2,1-3H3/t25-,26+,27?,30?/m0/s1. The van der Waals surface area contributed by atoms with Crippen molar-refractivity contribution >= 4 is 16.4 Å². The van der Waals surface area contributed by atoms with E-state index in [9.17, 15) is 13.2 Å². The molecule has 6 heteroatoms. The van der Waals surface area contributed by atoms with Gasteiger partial charge in [-0.2, -0.15) is 4.31 Å². The SMILES string of the molecule is Cc1ccc([C@H](C)N(C=O)C2CCC(CN([C@H](C)c3ccccc3)S(=O)(=O)c3ccccc3)CC2)cc1. The highest BCUT2D eigenvalue weighted by molar-refractivity contribution is 7.89. The highest BCUT2D eigenvalue weighted by Crippen LogP contribution is 2.35. The lowest BCUT2D eigenvalue weighted by atomic mass is 9.84. The second kappa shape index (κ2) is 12.1. The Bertz CT molecular complexity index is 1240. The van der Waals surface area contributed by atoms with Crippen LogP contribution in [0.2, 0.25) is 0 Å². The molecule has 0 saturated heterocycles. The van der Waals surface area contributed by atoms with Crippen LogP contribution in [0.4, 0.5) is 0 Å². The maximum atomic E-state index is 13.8. The summed E-state index contributed by atoms with van der Waals surface area (Å²) in [4.78, 5) is 14.4. The van der Waals surface area contributed by atoms with E-state index >= 15 is 0 Å². The van der Waals surface area contributed by atoms with Crippen LogP contribution in [0, 0.1) is 12.8 Å². The molecular formula is C31H38N2O3S. The van der Waals surface area contributed by atoms with Gasteiger partial charge in [0, 0.05) is 18.6 Å². The summed E-state index contributed by atoms with van der Waals surface area (Å²) in [5, 5.41) is 0. The van der Waals surface area contributed by atoms with Crippen molar-refractivity contribution in [2.75, 3.05) is 6.54 Å². The van der Waals surface area contributed by atoms with Crippen molar-refractivity contribution in [2.45, 2.75) is 69.5 Å². The molecule has 37 heavy (non-hydrogen) atoms. The van der Waals surface area contributed by atoms with E-state index in [0.717, 1.165) is 43.2 Å². The average molecular weight is 519 g/mol. The topological polar surface area (TPSA) is 57.7 Å². The van der Waals surface area contributed by atoms with Crippen LogP contribution < -0.4 is 0 Å². The number of carbonyl (C=O) groups is 1. The van der Waals surface area contributed by atoms with Crippen molar-refractivity contribution in [3.05, 3.63) is 102 Å². The lowest BCUT2D eigenvalue weighted by molar-refractivity contribution is -0.123. The third-order valence-corrected chi connectivity index (χ3v) is 9.82. The summed E-state index contributed by atoms with van der Waals surface area (Å²) in [6, 6.07) is 26.8. The van der Waals surface area contributed by atoms with Crippen LogP contribution in [-0.2, 0) is 14.8 Å². The van der Waals surface area contributed by atoms with E-state index in [1.54, 1.807) is 28.6 Å². The van der Waals surface area contributed by atoms with E-state index < -0.39 is 10.0 Å². The van der Waals surface area contributed by atoms with Crippen molar-refractivity contribution in [3.63, 3.8) is 0 Å². The van der Waals surface area contributed by atoms with Gasteiger partial charge in [-0.1, -0.05) is 78.4 Å². The minimum atomic E-state index is -3.67. The van der Waals surface area contributed by atoms with Crippen LogP contribution in [0.3, 0.4) is 0 Å². The highest BCUT2D eigenvalue weighted by atomic mass is 32.2. The van der Waals surface area contributed by atoms with E-state index in [2.05, 4.69) is 38.1 Å². The molecule has 2 atom stereocenters. The molecule has 1 fully saturated rings. The van der Waals surface area contributed by atoms with Crippen molar-refractivity contribution in [3.8, 4) is 0 Å². The molecule has 0 bridgehead atoms. The van der Waals surface area contributed by atoms with Gasteiger partial charge in [0.2, 0.25) is 16.4 Å². The fraction of sp³-hybridized carbons (Fsp3) is 0.387. The smallest absolute Gasteiger partial charge is 0.243 e. The van der Waals surface area contributed by atoms with E-state index in [4.69, 9.17) is 0 Å². The van der Waals surface area contributed by atoms with Gasteiger partial charge >= 0.3 is 0 Å². The zero-order chi connectivity index (χ0) is 26.4. The fourth-order valence-corrected chi connectivity index (χ4v) is 7.20. The first-order chi connectivity index (χ1) is 17.8. The number of rotatable bonds is 10. The van der Waals surface area contributed by atoms with Crippen LogP contribution in [-0.4, -0.2) is 36.6 Å². The summed E-state index contributed by atoms with van der Waals surface area (Å²) in [6.07, 6.45) is 4.51. The normalized spacial score (nSPS) is 19.8. The number of benzene rings is 3. The van der Waals surface area contributed by atoms with E-state index in [-0.39, 0.29) is 24.0 Å². The van der Waals surface area contributed by atoms with Crippen molar-refractivity contribution in [1.29, 1.82) is 0 Å². The number of sulfonamides is 1. The van der Waals surface area contributed by atoms with Gasteiger partial charge in [0.05, 0.1) is 10.9 Å². The lowest BCUT2D eigenvalue weighted by Gasteiger charge is -2.40. The van der Waals surface area contributed by atoms with E-state index in [1.165, 1.54) is 5.56 Å². The first-order valence-corrected chi connectivity index (χ1v) is 14.7. The van der Waals surface area contributed by atoms with Crippen LogP contribution in [0.25, 0.3) is 0 Å². The number of nitrogens with zero attached hydrogens (tertiary/aromatic N) is 2. The number of hydrogen-bond donors (Lipinski definition) is 0. The summed E-state index contributed by atoms with van der Waals surface area (Å²) in [5.74, 6) is 0.240. The molecule has 0 N–H and O–H groups in total. The molecular weight excluding hydrogens is 480 g/mol. The van der Waals surface area contributed by atoms with Crippen molar-refractivity contribution in [1.82, 2.24) is 9.21 Å². The molecule has 3 aromatic rings. The predicted octanol–water partition coefficient (Wildman–Crippen LogP) is 6.53. The predicted molar refractivity (Wildman–Crippen MR) is 148 cm³/mol. The van der Waals surface area contributed by atoms with Crippen LogP contribution >= 0.6 is 0 Å². The number of aryl methyl sites for hydroxylation is 1. The average Bonchev–Trinajstić information content (AvgIpc) is 2.93. The maximum absolute atomic E-state index is 13.8. The van der Waals surface area contributed by atoms with Gasteiger partial charge in [0.15, 0.2) is 0 Å². The molecule has 196 valence electrons. The Labute approximate surface area is 222 Å². The maximum Gasteiger partial charge on any atom is 0.243 e. The molecule has 0 aliphatic heterocycles. The molecule has 0 radical (unpaired) electrons. The Hall–Kier alpha value is -2.96. The van der Waals surface area contributed by atoms with Gasteiger partial charge in [-0.15, -0.1) is 0 Å². The summed E-state index contributed by atoms with van der Waals surface area (Å²) < 4.78 is 29.2. The second-order valence-electron chi connectivity index (χ2n) is 10.3. The van der Waals surface area contributed by atoms with Gasteiger partial charge in [-0.3, -0.25) is 4.79 Å². The Kier molecular flexibility index (Phi) is 8.83. The first-order valence-electron chi connectivity index (χ1n) is 13.2. The van der Waals surface area contributed by atoms with Gasteiger partial charge in [0.1, 0.15) is 0 Å². The molecule has 0 aromatic heterocycles. The lowest BCUT2D eigenvalue weighted by Crippen LogP contribution is -2.42. The molecule has 1 aliphatic carbocycles. The third kappa shape index (κ3) is 6.31. The first kappa shape index (κ1) is 27.1. The zero-order valence-electron chi connectivity index (χ0n) is 22.0. The van der Waals surface area contributed by atoms with Gasteiger partial charge < -0.3 is 4.90 Å². The second-order valence-corrected chi connectivity index (χ2v) is 12.2. The van der Waals surface area contributed by atoms with Crippen LogP contribution in [0.1, 0.15) is 68.3 Å². The third-order valence-electron chi connectivity index (χ3n) is 7.87. The Morgan fingerprint density at radius 2 is 1.32 bits per heavy atom. The number of carbonyl (C=O) groups excluding carboxylic acids is 1. The molecule has 1 aliphatic rings. The quantitative estimate of drug-likeness (QED) is 0.287. The van der Waals surface area contributed by atoms with Crippen molar-refractivity contribution < 1.29 is 13.2 Å². The number of amides is 1. The Balaban J connectivity index is 1.49. The summed E-state index contributed by atoms with van der Waals surface area (Å²) >= 11 is 0. The molecule has 3 aromatic carbocycles. The largest absolute Gasteiger partial charge is 0.336 e. The molecule has 0 unspecified atom stereocenters. The Morgan fingerprint density at radius 3 is 1.89 bits per heavy atom. The van der Waals surface area contributed by atoms with Gasteiger partial charge in [-0.25, -0.2) is 8.42 Å². The molecule has 0 heterocycles. The van der Waals surface area contributed by atoms with Gasteiger partial charge in [-0.05, 0) is 75.6 Å². The monoisotopic (exact) mass is 518 g/mol. The molecule has 4 rings (SSSR count). The van der Waals surface area contributed by atoms with Gasteiger partial charge in [0.25, 0.3) is 0 Å².